The molecule has 0 bridgehead atoms. The smallest absolute Gasteiger partial charge is 0.260 e. The molecule has 2 atom stereocenters. The van der Waals surface area contributed by atoms with Crippen LogP contribution in [0.15, 0.2) is 24.3 Å². The highest BCUT2D eigenvalue weighted by Gasteiger charge is 2.31. The van der Waals surface area contributed by atoms with E-state index in [4.69, 9.17) is 4.74 Å². The summed E-state index contributed by atoms with van der Waals surface area (Å²) >= 11 is 0. The van der Waals surface area contributed by atoms with Gasteiger partial charge < -0.3 is 15.0 Å². The predicted molar refractivity (Wildman–Crippen MR) is 99.5 cm³/mol. The molecule has 0 spiro atoms. The van der Waals surface area contributed by atoms with Gasteiger partial charge in [-0.2, -0.15) is 0 Å². The molecular weight excluding hydrogens is 340 g/mol. The molecule has 6 heteroatoms. The van der Waals surface area contributed by atoms with Crippen molar-refractivity contribution in [3.63, 3.8) is 0 Å². The number of amides is 1. The Hall–Kier alpha value is -1.59. The summed E-state index contributed by atoms with van der Waals surface area (Å²) in [6, 6.07) is 7.03. The van der Waals surface area contributed by atoms with Crippen molar-refractivity contribution in [2.45, 2.75) is 26.2 Å². The Kier molecular flexibility index (Phi) is 7.26. The van der Waals surface area contributed by atoms with Crippen LogP contribution in [0.25, 0.3) is 0 Å². The Morgan fingerprint density at radius 3 is 2.28 bits per heavy atom. The molecule has 0 aliphatic carbocycles. The summed E-state index contributed by atoms with van der Waals surface area (Å²) in [6.45, 7) is 5.74. The Morgan fingerprint density at radius 2 is 1.72 bits per heavy atom. The SMILES string of the molecule is CCC(=O)c1ccc(OCC(=O)N2CC[C@@H]3CNC[C@@H]3CC2)cc1.Cl. The summed E-state index contributed by atoms with van der Waals surface area (Å²) in [5, 5.41) is 3.45. The minimum Gasteiger partial charge on any atom is -0.484 e. The van der Waals surface area contributed by atoms with Crippen molar-refractivity contribution in [2.75, 3.05) is 32.8 Å². The van der Waals surface area contributed by atoms with E-state index < -0.39 is 0 Å². The van der Waals surface area contributed by atoms with E-state index in [0.717, 1.165) is 39.0 Å². The molecule has 2 saturated heterocycles. The van der Waals surface area contributed by atoms with Crippen LogP contribution in [0, 0.1) is 11.8 Å². The average Bonchev–Trinajstić information content (AvgIpc) is 2.97. The van der Waals surface area contributed by atoms with E-state index in [0.29, 0.717) is 29.6 Å². The van der Waals surface area contributed by atoms with Gasteiger partial charge in [0.1, 0.15) is 5.75 Å². The lowest BCUT2D eigenvalue weighted by Crippen LogP contribution is -2.36. The lowest BCUT2D eigenvalue weighted by Gasteiger charge is -2.21. The van der Waals surface area contributed by atoms with Crippen LogP contribution >= 0.6 is 12.4 Å². The van der Waals surface area contributed by atoms with Gasteiger partial charge in [-0.15, -0.1) is 12.4 Å². The molecule has 2 fully saturated rings. The van der Waals surface area contributed by atoms with Crippen LogP contribution in [0.4, 0.5) is 0 Å². The van der Waals surface area contributed by atoms with Gasteiger partial charge in [-0.3, -0.25) is 9.59 Å². The van der Waals surface area contributed by atoms with Gasteiger partial charge in [-0.05, 0) is 62.0 Å². The van der Waals surface area contributed by atoms with E-state index in [2.05, 4.69) is 5.32 Å². The summed E-state index contributed by atoms with van der Waals surface area (Å²) in [5.74, 6) is 2.23. The zero-order valence-electron chi connectivity index (χ0n) is 14.7. The number of ether oxygens (including phenoxy) is 1. The van der Waals surface area contributed by atoms with Gasteiger partial charge >= 0.3 is 0 Å². The molecule has 0 saturated carbocycles. The zero-order valence-corrected chi connectivity index (χ0v) is 15.5. The first-order valence-electron chi connectivity index (χ1n) is 8.92. The molecule has 1 amide bonds. The summed E-state index contributed by atoms with van der Waals surface area (Å²) in [4.78, 5) is 25.9. The van der Waals surface area contributed by atoms with Crippen molar-refractivity contribution >= 4 is 24.1 Å². The number of nitrogens with one attached hydrogen (secondary N) is 1. The quantitative estimate of drug-likeness (QED) is 0.813. The predicted octanol–water partition coefficient (Wildman–Crippen LogP) is 2.54. The van der Waals surface area contributed by atoms with E-state index >= 15 is 0 Å². The van der Waals surface area contributed by atoms with Gasteiger partial charge in [0, 0.05) is 25.1 Å². The minimum atomic E-state index is 0. The number of likely N-dealkylation sites (tertiary alicyclic amines) is 1. The number of hydrogen-bond acceptors (Lipinski definition) is 4. The highest BCUT2D eigenvalue weighted by Crippen LogP contribution is 2.27. The second-order valence-corrected chi connectivity index (χ2v) is 6.73. The second kappa shape index (κ2) is 9.20. The maximum absolute atomic E-state index is 12.4. The fourth-order valence-corrected chi connectivity index (χ4v) is 3.65. The van der Waals surface area contributed by atoms with Crippen molar-refractivity contribution in [2.24, 2.45) is 11.8 Å². The number of Topliss-reactive ketones (excluding diaryl/α,β-unsaturated/α-hetero) is 1. The van der Waals surface area contributed by atoms with Crippen LogP contribution in [0.1, 0.15) is 36.5 Å². The van der Waals surface area contributed by atoms with Crippen molar-refractivity contribution in [1.82, 2.24) is 10.2 Å². The third kappa shape index (κ3) is 4.95. The number of nitrogens with zero attached hydrogens (tertiary/aromatic N) is 1. The fraction of sp³-hybridized carbons (Fsp3) is 0.579. The molecule has 138 valence electrons. The van der Waals surface area contributed by atoms with Gasteiger partial charge in [0.05, 0.1) is 0 Å². The number of benzene rings is 1. The minimum absolute atomic E-state index is 0. The lowest BCUT2D eigenvalue weighted by atomic mass is 9.92. The average molecular weight is 367 g/mol. The van der Waals surface area contributed by atoms with Gasteiger partial charge in [-0.1, -0.05) is 6.92 Å². The van der Waals surface area contributed by atoms with Crippen molar-refractivity contribution in [3.8, 4) is 5.75 Å². The maximum atomic E-state index is 12.4. The standard InChI is InChI=1S/C19H26N2O3.ClH/c1-2-18(22)14-3-5-17(6-4-14)24-13-19(23)21-9-7-15-11-20-12-16(15)8-10-21;/h3-6,15-16,20H,2,7-13H2,1H3;1H/t15-,16+;. The zero-order chi connectivity index (χ0) is 16.9. The molecule has 2 aliphatic heterocycles. The Morgan fingerprint density at radius 1 is 1.12 bits per heavy atom. The van der Waals surface area contributed by atoms with Crippen LogP contribution in [0.5, 0.6) is 5.75 Å². The number of fused-ring (bicyclic) bond motifs is 1. The number of ketones is 1. The van der Waals surface area contributed by atoms with E-state index in [-0.39, 0.29) is 30.7 Å². The Balaban J connectivity index is 0.00000225. The topological polar surface area (TPSA) is 58.6 Å². The van der Waals surface area contributed by atoms with Gasteiger partial charge in [-0.25, -0.2) is 0 Å². The van der Waals surface area contributed by atoms with Gasteiger partial charge in [0.25, 0.3) is 5.91 Å². The molecule has 25 heavy (non-hydrogen) atoms. The van der Waals surface area contributed by atoms with Crippen molar-refractivity contribution in [1.29, 1.82) is 0 Å². The molecule has 3 rings (SSSR count). The molecule has 5 nitrogen and oxygen atoms in total. The first-order chi connectivity index (χ1) is 11.7. The molecule has 0 aromatic heterocycles. The van der Waals surface area contributed by atoms with E-state index in [1.807, 2.05) is 11.8 Å². The fourth-order valence-electron chi connectivity index (χ4n) is 3.65. The monoisotopic (exact) mass is 366 g/mol. The number of carbonyl (C=O) groups is 2. The first kappa shape index (κ1) is 19.7. The van der Waals surface area contributed by atoms with Gasteiger partial charge in [0.15, 0.2) is 12.4 Å². The highest BCUT2D eigenvalue weighted by atomic mass is 35.5. The molecule has 1 N–H and O–H groups in total. The molecule has 0 unspecified atom stereocenters. The third-order valence-corrected chi connectivity index (χ3v) is 5.23. The third-order valence-electron chi connectivity index (χ3n) is 5.23. The lowest BCUT2D eigenvalue weighted by molar-refractivity contribution is -0.133. The van der Waals surface area contributed by atoms with Crippen LogP contribution in [0.3, 0.4) is 0 Å². The summed E-state index contributed by atoms with van der Waals surface area (Å²) in [7, 11) is 0. The van der Waals surface area contributed by atoms with Crippen LogP contribution in [-0.2, 0) is 4.79 Å². The molecule has 2 aliphatic rings. The van der Waals surface area contributed by atoms with E-state index in [9.17, 15) is 9.59 Å². The number of hydrogen-bond donors (Lipinski definition) is 1. The van der Waals surface area contributed by atoms with Crippen molar-refractivity contribution < 1.29 is 14.3 Å². The van der Waals surface area contributed by atoms with E-state index in [1.54, 1.807) is 24.3 Å². The Labute approximate surface area is 155 Å². The summed E-state index contributed by atoms with van der Waals surface area (Å²) in [5.41, 5.74) is 0.684. The summed E-state index contributed by atoms with van der Waals surface area (Å²) < 4.78 is 5.61. The van der Waals surface area contributed by atoms with Crippen LogP contribution in [0.2, 0.25) is 0 Å². The Bertz CT molecular complexity index is 577. The van der Waals surface area contributed by atoms with Gasteiger partial charge in [0.2, 0.25) is 0 Å². The molecule has 1 aromatic rings. The number of halogens is 1. The molecule has 1 aromatic carbocycles. The molecular formula is C19H27ClN2O3. The summed E-state index contributed by atoms with van der Waals surface area (Å²) in [6.07, 6.45) is 2.65. The van der Waals surface area contributed by atoms with E-state index in [1.165, 1.54) is 0 Å². The number of carbonyl (C=O) groups excluding carboxylic acids is 2. The largest absolute Gasteiger partial charge is 0.484 e. The van der Waals surface area contributed by atoms with Crippen LogP contribution in [-0.4, -0.2) is 49.4 Å². The first-order valence-corrected chi connectivity index (χ1v) is 8.92. The molecule has 2 heterocycles. The molecule has 0 radical (unpaired) electrons. The normalized spacial score (nSPS) is 22.5. The van der Waals surface area contributed by atoms with Crippen LogP contribution < -0.4 is 10.1 Å². The number of rotatable bonds is 5. The highest BCUT2D eigenvalue weighted by molar-refractivity contribution is 5.95. The second-order valence-electron chi connectivity index (χ2n) is 6.73. The maximum Gasteiger partial charge on any atom is 0.260 e. The van der Waals surface area contributed by atoms with Crippen molar-refractivity contribution in [3.05, 3.63) is 29.8 Å².